The van der Waals surface area contributed by atoms with Crippen LogP contribution in [0.5, 0.6) is 0 Å². The minimum Gasteiger partial charge on any atom is -0.363 e. The summed E-state index contributed by atoms with van der Waals surface area (Å²) in [6.07, 6.45) is 5.48. The van der Waals surface area contributed by atoms with E-state index in [0.29, 0.717) is 12.5 Å². The van der Waals surface area contributed by atoms with Crippen LogP contribution in [0.1, 0.15) is 44.6 Å². The molecule has 2 N–H and O–H groups in total. The molecule has 1 saturated carbocycles. The number of aliphatic imine (C=N–C) groups is 1. The molecule has 8 heteroatoms. The van der Waals surface area contributed by atoms with Crippen LogP contribution >= 0.6 is 24.0 Å². The molecular formula is C25H37IN6O. The zero-order chi connectivity index (χ0) is 22.5. The van der Waals surface area contributed by atoms with Crippen LogP contribution < -0.4 is 15.5 Å². The Bertz CT molecular complexity index is 973. The highest BCUT2D eigenvalue weighted by Gasteiger charge is 2.32. The summed E-state index contributed by atoms with van der Waals surface area (Å²) in [6.45, 7) is 5.05. The van der Waals surface area contributed by atoms with Crippen LogP contribution in [0.3, 0.4) is 0 Å². The highest BCUT2D eigenvalue weighted by molar-refractivity contribution is 14.0. The van der Waals surface area contributed by atoms with Crippen LogP contribution in [0.15, 0.2) is 35.3 Å². The van der Waals surface area contributed by atoms with Crippen molar-refractivity contribution in [1.29, 1.82) is 0 Å². The lowest BCUT2D eigenvalue weighted by atomic mass is 10.1. The highest BCUT2D eigenvalue weighted by atomic mass is 127. The van der Waals surface area contributed by atoms with E-state index < -0.39 is 0 Å². The van der Waals surface area contributed by atoms with Gasteiger partial charge in [0.15, 0.2) is 5.96 Å². The van der Waals surface area contributed by atoms with Crippen molar-refractivity contribution < 1.29 is 4.79 Å². The molecule has 1 aromatic heterocycles. The first-order valence-electron chi connectivity index (χ1n) is 11.9. The molecule has 2 fully saturated rings. The average Bonchev–Trinajstić information content (AvgIpc) is 3.49. The van der Waals surface area contributed by atoms with Gasteiger partial charge in [-0.1, -0.05) is 31.0 Å². The van der Waals surface area contributed by atoms with E-state index >= 15 is 0 Å². The Kier molecular flexibility index (Phi) is 9.17. The van der Waals surface area contributed by atoms with E-state index in [2.05, 4.69) is 34.6 Å². The number of aromatic nitrogens is 1. The molecule has 180 valence electrons. The lowest BCUT2D eigenvalue weighted by Gasteiger charge is -2.21. The first kappa shape index (κ1) is 25.5. The van der Waals surface area contributed by atoms with Gasteiger partial charge < -0.3 is 20.4 Å². The van der Waals surface area contributed by atoms with Crippen LogP contribution in [0.25, 0.3) is 10.9 Å². The number of hydrogen-bond acceptors (Lipinski definition) is 4. The third kappa shape index (κ3) is 6.28. The molecule has 0 spiro atoms. The fourth-order valence-electron chi connectivity index (χ4n) is 4.78. The number of pyridine rings is 1. The van der Waals surface area contributed by atoms with Gasteiger partial charge in [-0.15, -0.1) is 24.0 Å². The molecule has 1 atom stereocenters. The first-order valence-corrected chi connectivity index (χ1v) is 11.9. The monoisotopic (exact) mass is 564 g/mol. The number of carbonyl (C=O) groups excluding carboxylic acids is 1. The number of halogens is 1. The molecule has 2 aliphatic rings. The van der Waals surface area contributed by atoms with Gasteiger partial charge in [-0.25, -0.2) is 9.98 Å². The Labute approximate surface area is 214 Å². The van der Waals surface area contributed by atoms with Crippen molar-refractivity contribution in [2.24, 2.45) is 10.9 Å². The summed E-state index contributed by atoms with van der Waals surface area (Å²) >= 11 is 0. The molecule has 4 rings (SSSR count). The molecule has 1 unspecified atom stereocenters. The molecule has 2 aromatic rings. The van der Waals surface area contributed by atoms with Crippen molar-refractivity contribution in [2.45, 2.75) is 51.6 Å². The maximum Gasteiger partial charge on any atom is 0.225 e. The maximum absolute atomic E-state index is 12.8. The van der Waals surface area contributed by atoms with Gasteiger partial charge in [0.2, 0.25) is 5.91 Å². The summed E-state index contributed by atoms with van der Waals surface area (Å²) in [5, 5.41) is 8.07. The van der Waals surface area contributed by atoms with Crippen LogP contribution in [0, 0.1) is 5.92 Å². The molecule has 1 aliphatic heterocycles. The second-order valence-electron chi connectivity index (χ2n) is 9.14. The largest absolute Gasteiger partial charge is 0.363 e. The van der Waals surface area contributed by atoms with E-state index in [9.17, 15) is 4.79 Å². The molecule has 7 nitrogen and oxygen atoms in total. The van der Waals surface area contributed by atoms with E-state index in [1.807, 2.05) is 37.2 Å². The van der Waals surface area contributed by atoms with Gasteiger partial charge in [0.05, 0.1) is 12.1 Å². The average molecular weight is 565 g/mol. The van der Waals surface area contributed by atoms with E-state index in [-0.39, 0.29) is 35.9 Å². The predicted octanol–water partition coefficient (Wildman–Crippen LogP) is 3.77. The van der Waals surface area contributed by atoms with Gasteiger partial charge in [-0.05, 0) is 43.9 Å². The summed E-state index contributed by atoms with van der Waals surface area (Å²) in [4.78, 5) is 26.5. The predicted molar refractivity (Wildman–Crippen MR) is 146 cm³/mol. The third-order valence-electron chi connectivity index (χ3n) is 6.54. The van der Waals surface area contributed by atoms with Crippen molar-refractivity contribution >= 4 is 52.6 Å². The minimum atomic E-state index is 0. The second kappa shape index (κ2) is 11.9. The molecule has 0 radical (unpaired) electrons. The molecule has 33 heavy (non-hydrogen) atoms. The number of rotatable bonds is 6. The topological polar surface area (TPSA) is 72.9 Å². The summed E-state index contributed by atoms with van der Waals surface area (Å²) in [6, 6.07) is 10.6. The Morgan fingerprint density at radius 3 is 2.70 bits per heavy atom. The SMILES string of the molecule is CCNC(=NCc1cc(N(C)C)nc2ccccc12)NC1CCN(C(=O)C2CCCC2)C1.I. The van der Waals surface area contributed by atoms with Crippen LogP contribution in [-0.2, 0) is 11.3 Å². The summed E-state index contributed by atoms with van der Waals surface area (Å²) < 4.78 is 0. The molecule has 0 bridgehead atoms. The standard InChI is InChI=1S/C25H36N6O.HI/c1-4-26-25(28-20-13-14-31(17-20)24(32)18-9-5-6-10-18)27-16-19-15-23(30(2)3)29-22-12-8-7-11-21(19)22;/h7-8,11-12,15,18,20H,4-6,9-10,13-14,16-17H2,1-3H3,(H2,26,27,28);1H. The lowest BCUT2D eigenvalue weighted by Crippen LogP contribution is -2.45. The van der Waals surface area contributed by atoms with Gasteiger partial charge in [0.1, 0.15) is 5.82 Å². The van der Waals surface area contributed by atoms with E-state index in [1.54, 1.807) is 0 Å². The van der Waals surface area contributed by atoms with Crippen LogP contribution in [-0.4, -0.2) is 61.5 Å². The summed E-state index contributed by atoms with van der Waals surface area (Å²) in [5.74, 6) is 2.35. The number of hydrogen-bond donors (Lipinski definition) is 2. The minimum absolute atomic E-state index is 0. The fourth-order valence-corrected chi connectivity index (χ4v) is 4.78. The van der Waals surface area contributed by atoms with Gasteiger partial charge in [0.25, 0.3) is 0 Å². The normalized spacial score (nSPS) is 18.9. The number of amides is 1. The van der Waals surface area contributed by atoms with Crippen LogP contribution in [0.2, 0.25) is 0 Å². The Balaban J connectivity index is 0.00000306. The molecule has 2 heterocycles. The number of nitrogens with zero attached hydrogens (tertiary/aromatic N) is 4. The zero-order valence-electron chi connectivity index (χ0n) is 20.0. The molecule has 1 amide bonds. The van der Waals surface area contributed by atoms with Crippen LogP contribution in [0.4, 0.5) is 5.82 Å². The number of guanidine groups is 1. The number of carbonyl (C=O) groups is 1. The van der Waals surface area contributed by atoms with Crippen molar-refractivity contribution in [2.75, 3.05) is 38.6 Å². The summed E-state index contributed by atoms with van der Waals surface area (Å²) in [7, 11) is 4.02. The number of para-hydroxylation sites is 1. The Morgan fingerprint density at radius 2 is 1.97 bits per heavy atom. The van der Waals surface area contributed by atoms with Crippen molar-refractivity contribution in [3.63, 3.8) is 0 Å². The highest BCUT2D eigenvalue weighted by Crippen LogP contribution is 2.28. The number of nitrogens with one attached hydrogen (secondary N) is 2. The van der Waals surface area contributed by atoms with E-state index in [1.165, 1.54) is 12.8 Å². The molecule has 1 aromatic carbocycles. The zero-order valence-corrected chi connectivity index (χ0v) is 22.3. The second-order valence-corrected chi connectivity index (χ2v) is 9.14. The summed E-state index contributed by atoms with van der Waals surface area (Å²) in [5.41, 5.74) is 2.14. The van der Waals surface area contributed by atoms with Gasteiger partial charge >= 0.3 is 0 Å². The Hall–Kier alpha value is -2.10. The molecule has 1 saturated heterocycles. The maximum atomic E-state index is 12.8. The van der Waals surface area contributed by atoms with Crippen molar-refractivity contribution in [3.8, 4) is 0 Å². The van der Waals surface area contributed by atoms with Gasteiger partial charge in [0, 0.05) is 51.1 Å². The van der Waals surface area contributed by atoms with Crippen molar-refractivity contribution in [3.05, 3.63) is 35.9 Å². The number of likely N-dealkylation sites (tertiary alicyclic amines) is 1. The van der Waals surface area contributed by atoms with Gasteiger partial charge in [-0.2, -0.15) is 0 Å². The number of benzene rings is 1. The van der Waals surface area contributed by atoms with Crippen molar-refractivity contribution in [1.82, 2.24) is 20.5 Å². The number of fused-ring (bicyclic) bond motifs is 1. The Morgan fingerprint density at radius 1 is 1.21 bits per heavy atom. The van der Waals surface area contributed by atoms with E-state index in [0.717, 1.165) is 67.1 Å². The first-order chi connectivity index (χ1) is 15.5. The molecular weight excluding hydrogens is 527 g/mol. The quantitative estimate of drug-likeness (QED) is 0.318. The smallest absolute Gasteiger partial charge is 0.225 e. The molecule has 1 aliphatic carbocycles. The van der Waals surface area contributed by atoms with Gasteiger partial charge in [-0.3, -0.25) is 4.79 Å². The van der Waals surface area contributed by atoms with E-state index in [4.69, 9.17) is 9.98 Å². The lowest BCUT2D eigenvalue weighted by molar-refractivity contribution is -0.134. The number of anilines is 1. The third-order valence-corrected chi connectivity index (χ3v) is 6.54. The fraction of sp³-hybridized carbons (Fsp3) is 0.560.